The molecule has 2 bridgehead atoms. The van der Waals surface area contributed by atoms with E-state index >= 15 is 0 Å². The summed E-state index contributed by atoms with van der Waals surface area (Å²) in [5, 5.41) is 9.26. The SMILES string of the molecule is CC1(C)COCCOCCN=C2C(=O)N(CCC2=C(N)C(=O)O)CC2(CC2)S1(=O)=O. The number of aliphatic carboxylic acids is 1. The van der Waals surface area contributed by atoms with E-state index in [9.17, 15) is 23.1 Å². The van der Waals surface area contributed by atoms with E-state index in [4.69, 9.17) is 15.2 Å². The minimum atomic E-state index is -3.62. The number of carbonyl (C=O) groups excluding carboxylic acids is 1. The predicted molar refractivity (Wildman–Crippen MR) is 109 cm³/mol. The summed E-state index contributed by atoms with van der Waals surface area (Å²) in [5.41, 5.74) is 5.45. The van der Waals surface area contributed by atoms with Crippen LogP contribution in [0.1, 0.15) is 33.1 Å². The first kappa shape index (κ1) is 22.7. The molecule has 1 saturated carbocycles. The molecule has 0 radical (unpaired) electrons. The summed E-state index contributed by atoms with van der Waals surface area (Å²) in [6.45, 7) is 4.42. The molecule has 0 atom stereocenters. The van der Waals surface area contributed by atoms with Crippen LogP contribution in [0.4, 0.5) is 0 Å². The summed E-state index contributed by atoms with van der Waals surface area (Å²) >= 11 is 0. The normalized spacial score (nSPS) is 28.1. The average molecular weight is 444 g/mol. The molecular formula is C19H29N3O7S. The molecule has 1 saturated heterocycles. The van der Waals surface area contributed by atoms with Gasteiger partial charge in [-0.3, -0.25) is 9.79 Å². The third-order valence-corrected chi connectivity index (χ3v) is 9.12. The van der Waals surface area contributed by atoms with Gasteiger partial charge in [0, 0.05) is 18.7 Å². The van der Waals surface area contributed by atoms with Crippen LogP contribution in [0.3, 0.4) is 0 Å². The molecule has 1 amide bonds. The molecule has 3 N–H and O–H groups in total. The maximum absolute atomic E-state index is 13.4. The van der Waals surface area contributed by atoms with Crippen molar-refractivity contribution in [1.29, 1.82) is 0 Å². The zero-order valence-electron chi connectivity index (χ0n) is 17.3. The fourth-order valence-electron chi connectivity index (χ4n) is 3.87. The Balaban J connectivity index is 1.97. The number of nitrogens with zero attached hydrogens (tertiary/aromatic N) is 2. The molecule has 0 unspecified atom stereocenters. The van der Waals surface area contributed by atoms with Crippen molar-refractivity contribution in [1.82, 2.24) is 4.90 Å². The van der Waals surface area contributed by atoms with Crippen LogP contribution in [-0.2, 0) is 28.9 Å². The zero-order valence-corrected chi connectivity index (χ0v) is 18.2. The Bertz CT molecular complexity index is 888. The van der Waals surface area contributed by atoms with Crippen molar-refractivity contribution in [2.75, 3.05) is 46.1 Å². The molecule has 3 aliphatic rings. The number of aliphatic imine (C=N–C) groups is 1. The van der Waals surface area contributed by atoms with Gasteiger partial charge in [-0.05, 0) is 33.1 Å². The number of sulfone groups is 1. The predicted octanol–water partition coefficient (Wildman–Crippen LogP) is -0.270. The molecule has 11 heteroatoms. The monoisotopic (exact) mass is 443 g/mol. The van der Waals surface area contributed by atoms with Crippen molar-refractivity contribution in [2.45, 2.75) is 42.6 Å². The Kier molecular flexibility index (Phi) is 6.26. The number of hydrogen-bond donors (Lipinski definition) is 2. The van der Waals surface area contributed by atoms with Crippen LogP contribution in [0.2, 0.25) is 0 Å². The average Bonchev–Trinajstić information content (AvgIpc) is 3.46. The Labute approximate surface area is 176 Å². The van der Waals surface area contributed by atoms with Crippen molar-refractivity contribution < 1.29 is 32.6 Å². The first-order valence-corrected chi connectivity index (χ1v) is 11.5. The van der Waals surface area contributed by atoms with Gasteiger partial charge in [0.25, 0.3) is 5.91 Å². The van der Waals surface area contributed by atoms with Gasteiger partial charge >= 0.3 is 5.97 Å². The van der Waals surface area contributed by atoms with Crippen molar-refractivity contribution in [3.63, 3.8) is 0 Å². The number of ether oxygens (including phenoxy) is 2. The third-order valence-electron chi connectivity index (χ3n) is 5.87. The van der Waals surface area contributed by atoms with Gasteiger partial charge in [-0.25, -0.2) is 13.2 Å². The van der Waals surface area contributed by atoms with Crippen molar-refractivity contribution in [3.05, 3.63) is 11.3 Å². The molecule has 30 heavy (non-hydrogen) atoms. The molecule has 0 aromatic heterocycles. The second kappa shape index (κ2) is 8.27. The molecule has 2 fully saturated rings. The summed E-state index contributed by atoms with van der Waals surface area (Å²) in [4.78, 5) is 30.2. The van der Waals surface area contributed by atoms with Gasteiger partial charge in [0.1, 0.15) is 11.4 Å². The lowest BCUT2D eigenvalue weighted by molar-refractivity contribution is -0.132. The molecular weight excluding hydrogens is 414 g/mol. The van der Waals surface area contributed by atoms with Gasteiger partial charge in [-0.15, -0.1) is 0 Å². The van der Waals surface area contributed by atoms with Crippen LogP contribution in [0.25, 0.3) is 0 Å². The minimum absolute atomic E-state index is 0.0247. The van der Waals surface area contributed by atoms with Gasteiger partial charge in [-0.2, -0.15) is 0 Å². The molecule has 0 aromatic carbocycles. The number of piperidine rings is 1. The maximum Gasteiger partial charge on any atom is 0.352 e. The van der Waals surface area contributed by atoms with E-state index in [1.54, 1.807) is 13.8 Å². The lowest BCUT2D eigenvalue weighted by atomic mass is 9.98. The zero-order chi connectivity index (χ0) is 22.2. The van der Waals surface area contributed by atoms with Crippen LogP contribution in [-0.4, -0.2) is 91.6 Å². The Morgan fingerprint density at radius 2 is 1.87 bits per heavy atom. The number of amides is 1. The second-order valence-corrected chi connectivity index (χ2v) is 11.5. The lowest BCUT2D eigenvalue weighted by Crippen LogP contribution is -2.53. The van der Waals surface area contributed by atoms with E-state index in [0.717, 1.165) is 0 Å². The summed E-state index contributed by atoms with van der Waals surface area (Å²) in [5.74, 6) is -1.81. The molecule has 2 aliphatic heterocycles. The Hall–Kier alpha value is -1.98. The van der Waals surface area contributed by atoms with Crippen LogP contribution < -0.4 is 5.73 Å². The first-order valence-electron chi connectivity index (χ1n) is 9.98. The maximum atomic E-state index is 13.4. The molecule has 1 spiro atoms. The van der Waals surface area contributed by atoms with Crippen LogP contribution in [0, 0.1) is 0 Å². The number of nitrogens with two attached hydrogens (primary N) is 1. The largest absolute Gasteiger partial charge is 0.477 e. The quantitative estimate of drug-likeness (QED) is 0.526. The molecule has 3 rings (SSSR count). The number of rotatable bonds is 1. The molecule has 0 aromatic rings. The fraction of sp³-hybridized carbons (Fsp3) is 0.737. The van der Waals surface area contributed by atoms with Crippen LogP contribution in [0.15, 0.2) is 16.3 Å². The van der Waals surface area contributed by atoms with Gasteiger partial charge < -0.3 is 25.2 Å². The number of hydrogen-bond acceptors (Lipinski definition) is 8. The van der Waals surface area contributed by atoms with E-state index in [2.05, 4.69) is 4.99 Å². The summed E-state index contributed by atoms with van der Waals surface area (Å²) in [7, 11) is -3.62. The summed E-state index contributed by atoms with van der Waals surface area (Å²) in [6.07, 6.45) is 1.14. The number of carbonyl (C=O) groups is 2. The van der Waals surface area contributed by atoms with Crippen molar-refractivity contribution in [2.24, 2.45) is 10.7 Å². The number of fused-ring (bicyclic) bond motifs is 2. The lowest BCUT2D eigenvalue weighted by Gasteiger charge is -2.36. The van der Waals surface area contributed by atoms with Crippen LogP contribution in [0.5, 0.6) is 0 Å². The van der Waals surface area contributed by atoms with E-state index in [1.165, 1.54) is 4.90 Å². The molecule has 1 aliphatic carbocycles. The van der Waals surface area contributed by atoms with E-state index in [1.807, 2.05) is 0 Å². The topological polar surface area (TPSA) is 149 Å². The van der Waals surface area contributed by atoms with Gasteiger partial charge in [-0.1, -0.05) is 0 Å². The summed E-state index contributed by atoms with van der Waals surface area (Å²) < 4.78 is 35.7. The minimum Gasteiger partial charge on any atom is -0.477 e. The van der Waals surface area contributed by atoms with Gasteiger partial charge in [0.2, 0.25) is 0 Å². The van der Waals surface area contributed by atoms with E-state index in [-0.39, 0.29) is 63.8 Å². The molecule has 168 valence electrons. The highest BCUT2D eigenvalue weighted by molar-refractivity contribution is 7.94. The standard InChI is InChI=1S/C19H29N3O7S/c1-18(2)12-29-10-9-28-8-6-21-15-13(14(20)17(24)25)3-7-22(16(15)23)11-19(4-5-19)30(18,26)27/h3-12,20H2,1-2H3,(H,24,25). The Morgan fingerprint density at radius 1 is 1.20 bits per heavy atom. The highest BCUT2D eigenvalue weighted by Crippen LogP contribution is 2.49. The van der Waals surface area contributed by atoms with E-state index < -0.39 is 36.9 Å². The third kappa shape index (κ3) is 4.10. The highest BCUT2D eigenvalue weighted by atomic mass is 32.2. The van der Waals surface area contributed by atoms with Gasteiger partial charge in [0.15, 0.2) is 9.84 Å². The van der Waals surface area contributed by atoms with Crippen LogP contribution >= 0.6 is 0 Å². The molecule has 2 heterocycles. The molecule has 10 nitrogen and oxygen atoms in total. The summed E-state index contributed by atoms with van der Waals surface area (Å²) in [6, 6.07) is 0. The number of carboxylic acid groups (broad SMARTS) is 1. The smallest absolute Gasteiger partial charge is 0.352 e. The Morgan fingerprint density at radius 3 is 2.50 bits per heavy atom. The van der Waals surface area contributed by atoms with Crippen molar-refractivity contribution in [3.8, 4) is 0 Å². The highest BCUT2D eigenvalue weighted by Gasteiger charge is 2.61. The van der Waals surface area contributed by atoms with Gasteiger partial charge in [0.05, 0.1) is 42.5 Å². The fourth-order valence-corrected chi connectivity index (χ4v) is 6.25. The number of carboxylic acids is 1. The van der Waals surface area contributed by atoms with Crippen molar-refractivity contribution >= 4 is 27.4 Å². The van der Waals surface area contributed by atoms with E-state index in [0.29, 0.717) is 12.8 Å². The first-order chi connectivity index (χ1) is 14.0. The second-order valence-electron chi connectivity index (χ2n) is 8.52.